The molecule has 1 aliphatic rings. The highest BCUT2D eigenvalue weighted by molar-refractivity contribution is 8.00. The van der Waals surface area contributed by atoms with Crippen LogP contribution in [0.2, 0.25) is 0 Å². The van der Waals surface area contributed by atoms with Crippen LogP contribution >= 0.6 is 24.2 Å². The first-order valence-corrected chi connectivity index (χ1v) is 10.4. The highest BCUT2D eigenvalue weighted by Crippen LogP contribution is 2.33. The molecule has 28 heavy (non-hydrogen) atoms. The Morgan fingerprint density at radius 1 is 0.964 bits per heavy atom. The Hall–Kier alpha value is -2.01. The van der Waals surface area contributed by atoms with Crippen molar-refractivity contribution in [1.29, 1.82) is 0 Å². The largest absolute Gasteiger partial charge is 0.341 e. The first kappa shape index (κ1) is 20.7. The molecule has 146 valence electrons. The van der Waals surface area contributed by atoms with Gasteiger partial charge in [-0.1, -0.05) is 60.7 Å². The predicted octanol–water partition coefficient (Wildman–Crippen LogP) is 4.55. The predicted molar refractivity (Wildman–Crippen MR) is 120 cm³/mol. The van der Waals surface area contributed by atoms with Crippen molar-refractivity contribution in [2.75, 3.05) is 25.4 Å². The number of nitrogens with zero attached hydrogens (tertiary/aromatic N) is 1. The number of rotatable bonds is 5. The van der Waals surface area contributed by atoms with Crippen molar-refractivity contribution in [3.8, 4) is 0 Å². The van der Waals surface area contributed by atoms with Crippen molar-refractivity contribution in [2.45, 2.75) is 10.8 Å². The first-order valence-electron chi connectivity index (χ1n) is 9.39. The number of nitrogens with two attached hydrogens (primary N) is 1. The number of thioether (sulfide) groups is 1. The second kappa shape index (κ2) is 9.46. The van der Waals surface area contributed by atoms with E-state index in [0.29, 0.717) is 24.1 Å². The highest BCUT2D eigenvalue weighted by atomic mass is 35.5. The Balaban J connectivity index is 0.00000225. The number of fused-ring (bicyclic) bond motifs is 1. The van der Waals surface area contributed by atoms with Gasteiger partial charge in [0, 0.05) is 23.9 Å². The van der Waals surface area contributed by atoms with Crippen LogP contribution in [0, 0.1) is 5.92 Å². The van der Waals surface area contributed by atoms with Crippen molar-refractivity contribution < 1.29 is 4.79 Å². The van der Waals surface area contributed by atoms with E-state index in [1.54, 1.807) is 11.8 Å². The van der Waals surface area contributed by atoms with Gasteiger partial charge in [-0.15, -0.1) is 24.2 Å². The summed E-state index contributed by atoms with van der Waals surface area (Å²) in [5.41, 5.74) is 7.28. The van der Waals surface area contributed by atoms with Crippen LogP contribution in [0.4, 0.5) is 0 Å². The van der Waals surface area contributed by atoms with Gasteiger partial charge in [0.1, 0.15) is 0 Å². The second-order valence-electron chi connectivity index (χ2n) is 7.11. The molecule has 1 amide bonds. The summed E-state index contributed by atoms with van der Waals surface area (Å²) in [5, 5.41) is 2.44. The molecule has 1 aliphatic heterocycles. The molecule has 1 fully saturated rings. The van der Waals surface area contributed by atoms with Crippen molar-refractivity contribution in [3.63, 3.8) is 0 Å². The lowest BCUT2D eigenvalue weighted by Crippen LogP contribution is -2.31. The Kier molecular flexibility index (Phi) is 7.00. The van der Waals surface area contributed by atoms with E-state index in [9.17, 15) is 4.79 Å². The lowest BCUT2D eigenvalue weighted by Gasteiger charge is -2.17. The van der Waals surface area contributed by atoms with E-state index in [-0.39, 0.29) is 18.3 Å². The highest BCUT2D eigenvalue weighted by Gasteiger charge is 2.34. The van der Waals surface area contributed by atoms with Gasteiger partial charge in [0.15, 0.2) is 0 Å². The third kappa shape index (κ3) is 4.52. The topological polar surface area (TPSA) is 46.3 Å². The molecule has 1 saturated heterocycles. The zero-order chi connectivity index (χ0) is 18.6. The normalized spacial score (nSPS) is 18.8. The molecule has 3 aromatic rings. The molecular weight excluding hydrogens is 388 g/mol. The number of benzene rings is 3. The monoisotopic (exact) mass is 412 g/mol. The van der Waals surface area contributed by atoms with E-state index < -0.39 is 0 Å². The summed E-state index contributed by atoms with van der Waals surface area (Å²) in [6.45, 7) is 2.14. The van der Waals surface area contributed by atoms with Crippen LogP contribution in [-0.4, -0.2) is 36.2 Å². The van der Waals surface area contributed by atoms with Gasteiger partial charge >= 0.3 is 0 Å². The summed E-state index contributed by atoms with van der Waals surface area (Å²) in [6, 6.07) is 25.1. The first-order chi connectivity index (χ1) is 13.2. The smallest absolute Gasteiger partial charge is 0.232 e. The number of hydrogen-bond donors (Lipinski definition) is 1. The third-order valence-corrected chi connectivity index (χ3v) is 6.39. The van der Waals surface area contributed by atoms with Gasteiger partial charge in [-0.05, 0) is 40.9 Å². The molecule has 3 nitrogen and oxygen atoms in total. The van der Waals surface area contributed by atoms with Crippen LogP contribution < -0.4 is 5.73 Å². The summed E-state index contributed by atoms with van der Waals surface area (Å²) >= 11 is 1.61. The fourth-order valence-electron chi connectivity index (χ4n) is 3.89. The van der Waals surface area contributed by atoms with Crippen LogP contribution in [0.3, 0.4) is 0 Å². The third-order valence-electron chi connectivity index (χ3n) is 5.41. The van der Waals surface area contributed by atoms with E-state index in [0.717, 1.165) is 18.0 Å². The van der Waals surface area contributed by atoms with E-state index in [2.05, 4.69) is 54.6 Å². The number of amides is 1. The molecule has 4 rings (SSSR count). The Bertz CT molecular complexity index is 934. The van der Waals surface area contributed by atoms with Gasteiger partial charge in [-0.2, -0.15) is 0 Å². The fourth-order valence-corrected chi connectivity index (χ4v) is 4.73. The van der Waals surface area contributed by atoms with Crippen LogP contribution in [0.25, 0.3) is 10.8 Å². The molecule has 5 heteroatoms. The van der Waals surface area contributed by atoms with Crippen molar-refractivity contribution in [2.24, 2.45) is 11.7 Å². The van der Waals surface area contributed by atoms with Gasteiger partial charge in [-0.3, -0.25) is 4.79 Å². The van der Waals surface area contributed by atoms with E-state index in [1.165, 1.54) is 16.3 Å². The van der Waals surface area contributed by atoms with E-state index >= 15 is 0 Å². The number of carbonyl (C=O) groups is 1. The Labute approximate surface area is 176 Å². The molecule has 0 aromatic heterocycles. The summed E-state index contributed by atoms with van der Waals surface area (Å²) in [7, 11) is 0. The second-order valence-corrected chi connectivity index (χ2v) is 8.16. The summed E-state index contributed by atoms with van der Waals surface area (Å²) in [5.74, 6) is 1.34. The van der Waals surface area contributed by atoms with Crippen molar-refractivity contribution in [3.05, 3.63) is 78.4 Å². The van der Waals surface area contributed by atoms with Crippen LogP contribution in [0.15, 0.2) is 77.7 Å². The molecular formula is C23H25ClN2OS. The average Bonchev–Trinajstić information content (AvgIpc) is 3.17. The molecule has 2 atom stereocenters. The minimum atomic E-state index is 0. The van der Waals surface area contributed by atoms with E-state index in [1.807, 2.05) is 23.1 Å². The standard InChI is InChI=1S/C23H24N2OS.ClH/c24-13-20-14-25(15-22(20)18-7-2-1-3-8-18)23(26)16-27-21-11-10-17-6-4-5-9-19(17)12-21;/h1-12,20,22H,13-16,24H2;1H/t20-,22+;/m1./s1. The maximum absolute atomic E-state index is 12.8. The maximum Gasteiger partial charge on any atom is 0.232 e. The van der Waals surface area contributed by atoms with Crippen LogP contribution in [-0.2, 0) is 4.79 Å². The minimum Gasteiger partial charge on any atom is -0.341 e. The lowest BCUT2D eigenvalue weighted by atomic mass is 9.89. The maximum atomic E-state index is 12.8. The number of halogens is 1. The van der Waals surface area contributed by atoms with Crippen LogP contribution in [0.1, 0.15) is 11.5 Å². The summed E-state index contributed by atoms with van der Waals surface area (Å²) < 4.78 is 0. The van der Waals surface area contributed by atoms with Gasteiger partial charge in [0.2, 0.25) is 5.91 Å². The molecule has 0 aliphatic carbocycles. The molecule has 3 aromatic carbocycles. The number of likely N-dealkylation sites (tertiary alicyclic amines) is 1. The Morgan fingerprint density at radius 3 is 2.43 bits per heavy atom. The number of hydrogen-bond acceptors (Lipinski definition) is 3. The van der Waals surface area contributed by atoms with Gasteiger partial charge in [-0.25, -0.2) is 0 Å². The Morgan fingerprint density at radius 2 is 1.68 bits per heavy atom. The van der Waals surface area contributed by atoms with E-state index in [4.69, 9.17) is 5.73 Å². The van der Waals surface area contributed by atoms with Crippen molar-refractivity contribution >= 4 is 40.8 Å². The van der Waals surface area contributed by atoms with Gasteiger partial charge < -0.3 is 10.6 Å². The summed E-state index contributed by atoms with van der Waals surface area (Å²) in [6.07, 6.45) is 0. The molecule has 1 heterocycles. The quantitative estimate of drug-likeness (QED) is 0.625. The molecule has 0 radical (unpaired) electrons. The van der Waals surface area contributed by atoms with Crippen molar-refractivity contribution in [1.82, 2.24) is 4.90 Å². The molecule has 0 bridgehead atoms. The fraction of sp³-hybridized carbons (Fsp3) is 0.261. The molecule has 0 saturated carbocycles. The van der Waals surface area contributed by atoms with Gasteiger partial charge in [0.25, 0.3) is 0 Å². The van der Waals surface area contributed by atoms with Gasteiger partial charge in [0.05, 0.1) is 5.75 Å². The minimum absolute atomic E-state index is 0. The zero-order valence-electron chi connectivity index (χ0n) is 15.7. The lowest BCUT2D eigenvalue weighted by molar-refractivity contribution is -0.127. The summed E-state index contributed by atoms with van der Waals surface area (Å²) in [4.78, 5) is 15.9. The molecule has 0 spiro atoms. The average molecular weight is 413 g/mol. The zero-order valence-corrected chi connectivity index (χ0v) is 17.3. The van der Waals surface area contributed by atoms with Crippen LogP contribution in [0.5, 0.6) is 0 Å². The number of carbonyl (C=O) groups excluding carboxylic acids is 1. The molecule has 2 N–H and O–H groups in total. The SMILES string of the molecule is Cl.NC[C@@H]1CN(C(=O)CSc2ccc3ccccc3c2)C[C@H]1c1ccccc1. The molecule has 0 unspecified atom stereocenters.